The molecule has 0 spiro atoms. The van der Waals surface area contributed by atoms with Crippen molar-refractivity contribution in [2.24, 2.45) is 11.7 Å². The number of carbonyl (C=O) groups is 5. The number of nitrogens with two attached hydrogens (primary N) is 1. The van der Waals surface area contributed by atoms with E-state index < -0.39 is 126 Å². The molecule has 17 nitrogen and oxygen atoms in total. The smallest absolute Gasteiger partial charge is 0.242 e. The van der Waals surface area contributed by atoms with Crippen LogP contribution in [0.1, 0.15) is 89.1 Å². The number of phenolic OH excluding ortho intramolecular Hbond substituents is 2. The lowest BCUT2D eigenvalue weighted by molar-refractivity contribution is -0.249. The minimum atomic E-state index is -2.38. The highest BCUT2D eigenvalue weighted by molar-refractivity contribution is 6.31. The summed E-state index contributed by atoms with van der Waals surface area (Å²) in [5.74, 6) is -5.72. The monoisotopic (exact) mass is 743 g/mol. The first-order valence-electron chi connectivity index (χ1n) is 17.2. The van der Waals surface area contributed by atoms with Gasteiger partial charge in [0, 0.05) is 36.0 Å². The second kappa shape index (κ2) is 15.5. The van der Waals surface area contributed by atoms with Gasteiger partial charge in [-0.25, -0.2) is 0 Å². The number of phenols is 2. The van der Waals surface area contributed by atoms with Crippen LogP contribution in [0.15, 0.2) is 18.2 Å². The maximum absolute atomic E-state index is 13.9. The molecule has 1 aliphatic heterocycles. The second-order valence-corrected chi connectivity index (χ2v) is 14.1. The highest BCUT2D eigenvalue weighted by Crippen LogP contribution is 2.52. The van der Waals surface area contributed by atoms with Crippen LogP contribution in [-0.2, 0) is 30.3 Å². The van der Waals surface area contributed by atoms with Gasteiger partial charge in [0.25, 0.3) is 0 Å². The first-order chi connectivity index (χ1) is 25.0. The average Bonchev–Trinajstić information content (AvgIpc) is 3.12. The molecule has 1 heterocycles. The van der Waals surface area contributed by atoms with Crippen LogP contribution in [0.2, 0.25) is 0 Å². The van der Waals surface area contributed by atoms with Gasteiger partial charge in [0.1, 0.15) is 47.6 Å². The van der Waals surface area contributed by atoms with Gasteiger partial charge in [-0.1, -0.05) is 26.0 Å². The third-order valence-corrected chi connectivity index (χ3v) is 9.96. The number of ether oxygens (including phenoxy) is 3. The summed E-state index contributed by atoms with van der Waals surface area (Å²) in [5, 5.41) is 70.1. The van der Waals surface area contributed by atoms with Gasteiger partial charge in [-0.05, 0) is 25.3 Å². The number of hydrogen-bond donors (Lipinski definition) is 9. The number of aromatic hydroxyl groups is 2. The van der Waals surface area contributed by atoms with Crippen LogP contribution in [0.5, 0.6) is 17.2 Å². The summed E-state index contributed by atoms with van der Waals surface area (Å²) in [6.45, 7) is 3.38. The molecule has 2 aromatic rings. The van der Waals surface area contributed by atoms with Gasteiger partial charge in [0.15, 0.2) is 17.9 Å². The van der Waals surface area contributed by atoms with Gasteiger partial charge in [0.2, 0.25) is 17.6 Å². The van der Waals surface area contributed by atoms with Crippen molar-refractivity contribution in [1.82, 2.24) is 10.6 Å². The summed E-state index contributed by atoms with van der Waals surface area (Å²) in [6, 6.07) is 0.851. The normalized spacial score (nSPS) is 26.2. The number of Topliss-reactive ketones (excluding diaryl/α,β-unsaturated/α-hetero) is 1. The molecule has 288 valence electrons. The molecule has 0 unspecified atom stereocenters. The zero-order valence-electron chi connectivity index (χ0n) is 29.6. The minimum absolute atomic E-state index is 0.0431. The van der Waals surface area contributed by atoms with E-state index in [1.54, 1.807) is 0 Å². The van der Waals surface area contributed by atoms with Crippen LogP contribution < -0.4 is 21.1 Å². The van der Waals surface area contributed by atoms with Crippen molar-refractivity contribution in [1.29, 1.82) is 0 Å². The van der Waals surface area contributed by atoms with Gasteiger partial charge in [-0.3, -0.25) is 24.0 Å². The van der Waals surface area contributed by atoms with Crippen LogP contribution in [0.3, 0.4) is 0 Å². The Kier molecular flexibility index (Phi) is 11.6. The number of aliphatic hydroxyl groups excluding tert-OH is 3. The number of methoxy groups -OCH3 is 1. The lowest BCUT2D eigenvalue weighted by atomic mass is 9.72. The van der Waals surface area contributed by atoms with E-state index in [1.807, 2.05) is 13.8 Å². The number of ketones is 3. The molecule has 1 fully saturated rings. The molecule has 5 rings (SSSR count). The molecule has 0 bridgehead atoms. The molecule has 8 atom stereocenters. The van der Waals surface area contributed by atoms with Crippen molar-refractivity contribution in [3.05, 3.63) is 51.6 Å². The van der Waals surface area contributed by atoms with Crippen molar-refractivity contribution in [3.63, 3.8) is 0 Å². The van der Waals surface area contributed by atoms with Crippen molar-refractivity contribution in [2.75, 3.05) is 20.3 Å². The maximum atomic E-state index is 13.9. The first kappa shape index (κ1) is 39.7. The molecule has 2 aliphatic carbocycles. The van der Waals surface area contributed by atoms with Crippen LogP contribution in [0.25, 0.3) is 0 Å². The van der Waals surface area contributed by atoms with Crippen molar-refractivity contribution < 1.29 is 68.8 Å². The van der Waals surface area contributed by atoms with E-state index >= 15 is 0 Å². The predicted molar refractivity (Wildman–Crippen MR) is 182 cm³/mol. The third-order valence-electron chi connectivity index (χ3n) is 9.96. The summed E-state index contributed by atoms with van der Waals surface area (Å²) < 4.78 is 17.4. The summed E-state index contributed by atoms with van der Waals surface area (Å²) >= 11 is 0. The Morgan fingerprint density at radius 3 is 2.36 bits per heavy atom. The lowest BCUT2D eigenvalue weighted by Gasteiger charge is -2.43. The summed E-state index contributed by atoms with van der Waals surface area (Å²) in [4.78, 5) is 66.5. The molecular weight excluding hydrogens is 698 g/mol. The molecule has 3 aliphatic rings. The summed E-state index contributed by atoms with van der Waals surface area (Å²) in [5.41, 5.74) is 1.38. The molecule has 1 saturated heterocycles. The number of hydrogen-bond acceptors (Lipinski definition) is 15. The Morgan fingerprint density at radius 2 is 1.74 bits per heavy atom. The number of aliphatic hydroxyl groups is 4. The number of rotatable bonds is 12. The van der Waals surface area contributed by atoms with E-state index in [0.29, 0.717) is 0 Å². The van der Waals surface area contributed by atoms with E-state index in [0.717, 1.165) is 0 Å². The Bertz CT molecular complexity index is 1810. The highest BCUT2D eigenvalue weighted by atomic mass is 16.7. The average molecular weight is 744 g/mol. The third kappa shape index (κ3) is 7.37. The fourth-order valence-electron chi connectivity index (χ4n) is 7.21. The molecule has 17 heteroatoms. The lowest BCUT2D eigenvalue weighted by Crippen LogP contribution is -2.60. The SMILES string of the molecule is COc1cccc2c1C(=O)c1c(O)c3c(c(O)c1C2=O)C[C@@](O)(C(=O)CO)C[C@@H]3O[C@H]1C[C@H](NC(=O)[C@H](CC(C)C)NC(=O)[C@@H](N)CO)[C@H](O)[C@H](C)O1. The minimum Gasteiger partial charge on any atom is -0.507 e. The van der Waals surface area contributed by atoms with Gasteiger partial charge in [-0.15, -0.1) is 0 Å². The molecule has 0 aromatic heterocycles. The number of nitrogens with one attached hydrogen (secondary N) is 2. The van der Waals surface area contributed by atoms with E-state index in [2.05, 4.69) is 10.6 Å². The molecule has 0 radical (unpaired) electrons. The molecular formula is C36H45N3O14. The summed E-state index contributed by atoms with van der Waals surface area (Å²) in [7, 11) is 1.29. The fourth-order valence-corrected chi connectivity index (χ4v) is 7.21. The van der Waals surface area contributed by atoms with E-state index in [4.69, 9.17) is 19.9 Å². The summed E-state index contributed by atoms with van der Waals surface area (Å²) in [6.07, 6.45) is -6.44. The topological polar surface area (TPSA) is 284 Å². The predicted octanol–water partition coefficient (Wildman–Crippen LogP) is -0.991. The van der Waals surface area contributed by atoms with E-state index in [-0.39, 0.29) is 46.8 Å². The Labute approximate surface area is 304 Å². The van der Waals surface area contributed by atoms with Gasteiger partial charge < -0.3 is 61.2 Å². The van der Waals surface area contributed by atoms with Crippen LogP contribution in [-0.4, -0.2) is 122 Å². The van der Waals surface area contributed by atoms with E-state index in [9.17, 15) is 54.6 Å². The van der Waals surface area contributed by atoms with Crippen molar-refractivity contribution in [3.8, 4) is 17.2 Å². The van der Waals surface area contributed by atoms with Crippen molar-refractivity contribution >= 4 is 29.2 Å². The molecule has 0 saturated carbocycles. The number of amides is 2. The number of carbonyl (C=O) groups excluding carboxylic acids is 5. The Morgan fingerprint density at radius 1 is 1.06 bits per heavy atom. The molecule has 2 aromatic carbocycles. The second-order valence-electron chi connectivity index (χ2n) is 14.1. The van der Waals surface area contributed by atoms with Gasteiger partial charge in [-0.2, -0.15) is 0 Å². The Hall–Kier alpha value is -4.49. The van der Waals surface area contributed by atoms with E-state index in [1.165, 1.54) is 32.2 Å². The molecule has 53 heavy (non-hydrogen) atoms. The van der Waals surface area contributed by atoms with Gasteiger partial charge >= 0.3 is 0 Å². The zero-order chi connectivity index (χ0) is 39.1. The highest BCUT2D eigenvalue weighted by Gasteiger charge is 2.50. The molecule has 10 N–H and O–H groups in total. The van der Waals surface area contributed by atoms with Crippen LogP contribution >= 0.6 is 0 Å². The maximum Gasteiger partial charge on any atom is 0.242 e. The number of fused-ring (bicyclic) bond motifs is 3. The zero-order valence-corrected chi connectivity index (χ0v) is 29.6. The first-order valence-corrected chi connectivity index (χ1v) is 17.2. The number of benzene rings is 2. The van der Waals surface area contributed by atoms with Crippen LogP contribution in [0, 0.1) is 5.92 Å². The Balaban J connectivity index is 1.51. The van der Waals surface area contributed by atoms with Crippen molar-refractivity contribution in [2.45, 2.75) is 94.8 Å². The standard InChI is InChI=1S/C36H45N3O14/c1-14(2)8-20(39-34(48)18(37)12-40)35(49)38-19-9-24(52-15(3)29(19)43)53-22-11-36(50,23(42)13-41)10-17-26(22)33(47)28-27(31(17)45)30(44)16-6-5-7-21(51-4)25(16)32(28)46/h5-7,14-15,18-20,22,24,29,40-41,43,45,47,50H,8-13,37H2,1-4H3,(H,38,49)(H,39,48)/t15-,18-,19-,20-,22-,24-,29+,36-/m0/s1. The van der Waals surface area contributed by atoms with Gasteiger partial charge in [0.05, 0.1) is 48.7 Å². The largest absolute Gasteiger partial charge is 0.507 e. The quantitative estimate of drug-likeness (QED) is 0.101. The van der Waals surface area contributed by atoms with Crippen LogP contribution in [0.4, 0.5) is 0 Å². The fraction of sp³-hybridized carbons (Fsp3) is 0.528. The molecule has 2 amide bonds.